The molecule has 35 heavy (non-hydrogen) atoms. The molecule has 1 aliphatic rings. The van der Waals surface area contributed by atoms with Crippen LogP contribution < -0.4 is 14.6 Å². The van der Waals surface area contributed by atoms with Crippen LogP contribution in [0.15, 0.2) is 114 Å². The van der Waals surface area contributed by atoms with Gasteiger partial charge in [0.2, 0.25) is 0 Å². The predicted octanol–water partition coefficient (Wildman–Crippen LogP) is 6.50. The molecule has 174 valence electrons. The minimum Gasteiger partial charge on any atom is -0.488 e. The predicted molar refractivity (Wildman–Crippen MR) is 141 cm³/mol. The normalized spacial score (nSPS) is 15.1. The molecule has 1 aliphatic heterocycles. The van der Waals surface area contributed by atoms with E-state index in [1.165, 1.54) is 0 Å². The number of para-hydroxylation sites is 2. The highest BCUT2D eigenvalue weighted by Crippen LogP contribution is 2.42. The number of carbonyl (C=O) groups is 1. The zero-order chi connectivity index (χ0) is 24.2. The number of hydrogen-bond acceptors (Lipinski definition) is 5. The van der Waals surface area contributed by atoms with Crippen molar-refractivity contribution in [3.8, 4) is 5.75 Å². The van der Waals surface area contributed by atoms with Crippen molar-refractivity contribution in [3.63, 3.8) is 0 Å². The van der Waals surface area contributed by atoms with Crippen molar-refractivity contribution in [2.24, 2.45) is 5.10 Å². The van der Waals surface area contributed by atoms with Gasteiger partial charge < -0.3 is 4.74 Å². The summed E-state index contributed by atoms with van der Waals surface area (Å²) in [5, 5.41) is 6.73. The third-order valence-corrected chi connectivity index (χ3v) is 5.99. The minimum absolute atomic E-state index is 0.100. The topological polar surface area (TPSA) is 45.1 Å². The molecule has 0 aliphatic carbocycles. The average Bonchev–Trinajstić information content (AvgIpc) is 3.30. The van der Waals surface area contributed by atoms with E-state index in [1.54, 1.807) is 6.92 Å². The number of anilines is 2. The number of aryl methyl sites for hydroxylation is 1. The van der Waals surface area contributed by atoms with E-state index in [9.17, 15) is 4.79 Å². The van der Waals surface area contributed by atoms with Gasteiger partial charge in [0.1, 0.15) is 12.4 Å². The van der Waals surface area contributed by atoms with Gasteiger partial charge in [0.25, 0.3) is 0 Å². The Balaban J connectivity index is 1.62. The molecule has 1 unspecified atom stereocenters. The first-order valence-electron chi connectivity index (χ1n) is 11.7. The molecule has 0 N–H and O–H groups in total. The van der Waals surface area contributed by atoms with Crippen molar-refractivity contribution in [2.45, 2.75) is 26.6 Å². The van der Waals surface area contributed by atoms with Crippen LogP contribution in [-0.4, -0.2) is 11.6 Å². The lowest BCUT2D eigenvalue weighted by atomic mass is 10.1. The summed E-state index contributed by atoms with van der Waals surface area (Å²) in [4.78, 5) is 14.8. The molecule has 4 aromatic carbocycles. The van der Waals surface area contributed by atoms with Crippen molar-refractivity contribution < 1.29 is 9.53 Å². The highest BCUT2D eigenvalue weighted by molar-refractivity contribution is 6.44. The van der Waals surface area contributed by atoms with Crippen molar-refractivity contribution in [1.29, 1.82) is 0 Å². The van der Waals surface area contributed by atoms with Crippen molar-refractivity contribution in [2.75, 3.05) is 9.91 Å². The highest BCUT2D eigenvalue weighted by atomic mass is 16.5. The second kappa shape index (κ2) is 9.85. The first-order valence-corrected chi connectivity index (χ1v) is 11.7. The summed E-state index contributed by atoms with van der Waals surface area (Å²) in [6, 6.07) is 36.1. The molecular formula is C30H27N3O2. The quantitative estimate of drug-likeness (QED) is 0.315. The van der Waals surface area contributed by atoms with Crippen LogP contribution in [0.4, 0.5) is 11.4 Å². The van der Waals surface area contributed by atoms with E-state index in [1.807, 2.05) is 126 Å². The van der Waals surface area contributed by atoms with Crippen molar-refractivity contribution >= 4 is 23.0 Å². The number of nitrogens with zero attached hydrogens (tertiary/aromatic N) is 3. The fourth-order valence-electron chi connectivity index (χ4n) is 4.25. The maximum atomic E-state index is 12.8. The monoisotopic (exact) mass is 461 g/mol. The molecule has 5 rings (SSSR count). The van der Waals surface area contributed by atoms with Gasteiger partial charge >= 0.3 is 0 Å². The Morgan fingerprint density at radius 2 is 1.43 bits per heavy atom. The standard InChI is InChI=1S/C30H27N3O2/c1-22-17-19-25(20-18-22)32-29(23(2)34)31-33(26-13-7-4-8-14-26)30(32)27-15-9-10-16-28(27)35-21-24-11-5-3-6-12-24/h3-20,30H,21H2,1-2H3. The summed E-state index contributed by atoms with van der Waals surface area (Å²) in [5.41, 5.74) is 4.95. The number of hydrazone groups is 1. The number of ketones is 1. The first-order chi connectivity index (χ1) is 17.1. The number of Topliss-reactive ketones (excluding diaryl/α,β-unsaturated/α-hetero) is 1. The van der Waals surface area contributed by atoms with Gasteiger partial charge in [-0.25, -0.2) is 5.01 Å². The second-order valence-corrected chi connectivity index (χ2v) is 8.55. The van der Waals surface area contributed by atoms with E-state index in [2.05, 4.69) is 0 Å². The van der Waals surface area contributed by atoms with Gasteiger partial charge in [-0.1, -0.05) is 84.4 Å². The number of rotatable bonds is 7. The van der Waals surface area contributed by atoms with E-state index in [4.69, 9.17) is 9.84 Å². The lowest BCUT2D eigenvalue weighted by Gasteiger charge is -2.33. The molecule has 0 fully saturated rings. The van der Waals surface area contributed by atoms with E-state index in [0.717, 1.165) is 33.8 Å². The summed E-state index contributed by atoms with van der Waals surface area (Å²) >= 11 is 0. The summed E-state index contributed by atoms with van der Waals surface area (Å²) in [7, 11) is 0. The number of amidine groups is 1. The van der Waals surface area contributed by atoms with Gasteiger partial charge in [-0.2, -0.15) is 0 Å². The SMILES string of the molecule is CC(=O)C1=NN(c2ccccc2)C(c2ccccc2OCc2ccccc2)N1c1ccc(C)cc1. The maximum Gasteiger partial charge on any atom is 0.198 e. The smallest absolute Gasteiger partial charge is 0.198 e. The molecule has 5 nitrogen and oxygen atoms in total. The Labute approximate surface area is 205 Å². The number of hydrogen-bond donors (Lipinski definition) is 0. The maximum absolute atomic E-state index is 12.8. The van der Waals surface area contributed by atoms with E-state index >= 15 is 0 Å². The van der Waals surface area contributed by atoms with Crippen LogP contribution in [0, 0.1) is 6.92 Å². The fraction of sp³-hybridized carbons (Fsp3) is 0.133. The van der Waals surface area contributed by atoms with E-state index < -0.39 is 6.17 Å². The molecule has 0 bridgehead atoms. The first kappa shape index (κ1) is 22.4. The van der Waals surface area contributed by atoms with E-state index in [0.29, 0.717) is 12.4 Å². The van der Waals surface area contributed by atoms with Gasteiger partial charge in [-0.15, -0.1) is 5.10 Å². The third kappa shape index (κ3) is 4.66. The van der Waals surface area contributed by atoms with Crippen LogP contribution in [-0.2, 0) is 11.4 Å². The Bertz CT molecular complexity index is 1340. The summed E-state index contributed by atoms with van der Waals surface area (Å²) in [5.74, 6) is 1.04. The number of benzene rings is 4. The number of carbonyl (C=O) groups excluding carboxylic acids is 1. The molecule has 0 amide bonds. The van der Waals surface area contributed by atoms with Gasteiger partial charge in [-0.05, 0) is 42.8 Å². The van der Waals surface area contributed by atoms with Crippen LogP contribution in [0.2, 0.25) is 0 Å². The average molecular weight is 462 g/mol. The molecule has 1 atom stereocenters. The minimum atomic E-state index is -0.397. The van der Waals surface area contributed by atoms with Crippen LogP contribution in [0.25, 0.3) is 0 Å². The molecule has 0 aromatic heterocycles. The zero-order valence-corrected chi connectivity index (χ0v) is 19.8. The molecule has 5 heteroatoms. The van der Waals surface area contributed by atoms with Crippen LogP contribution in [0.3, 0.4) is 0 Å². The molecule has 0 spiro atoms. The van der Waals surface area contributed by atoms with Crippen LogP contribution in [0.5, 0.6) is 5.75 Å². The van der Waals surface area contributed by atoms with Crippen LogP contribution in [0.1, 0.15) is 29.8 Å². The van der Waals surface area contributed by atoms with Crippen molar-refractivity contribution in [3.05, 3.63) is 126 Å². The summed E-state index contributed by atoms with van der Waals surface area (Å²) < 4.78 is 6.33. The zero-order valence-electron chi connectivity index (χ0n) is 19.8. The number of ether oxygens (including phenoxy) is 1. The molecule has 0 saturated carbocycles. The van der Waals surface area contributed by atoms with Gasteiger partial charge in [0, 0.05) is 18.2 Å². The lowest BCUT2D eigenvalue weighted by molar-refractivity contribution is -0.111. The Hall–Kier alpha value is -4.38. The lowest BCUT2D eigenvalue weighted by Crippen LogP contribution is -2.38. The van der Waals surface area contributed by atoms with Crippen molar-refractivity contribution in [1.82, 2.24) is 0 Å². The molecule has 0 saturated heterocycles. The van der Waals surface area contributed by atoms with Gasteiger partial charge in [-0.3, -0.25) is 9.69 Å². The summed E-state index contributed by atoms with van der Waals surface area (Å²) in [6.07, 6.45) is -0.397. The highest BCUT2D eigenvalue weighted by Gasteiger charge is 2.40. The van der Waals surface area contributed by atoms with E-state index in [-0.39, 0.29) is 5.78 Å². The third-order valence-electron chi connectivity index (χ3n) is 5.99. The van der Waals surface area contributed by atoms with Gasteiger partial charge in [0.15, 0.2) is 17.8 Å². The fourth-order valence-corrected chi connectivity index (χ4v) is 4.25. The molecule has 0 radical (unpaired) electrons. The Morgan fingerprint density at radius 3 is 2.11 bits per heavy atom. The van der Waals surface area contributed by atoms with Gasteiger partial charge in [0.05, 0.1) is 5.69 Å². The molecular weight excluding hydrogens is 434 g/mol. The van der Waals surface area contributed by atoms with Crippen LogP contribution >= 0.6 is 0 Å². The molecule has 4 aromatic rings. The second-order valence-electron chi connectivity index (χ2n) is 8.55. The Kier molecular flexibility index (Phi) is 6.31. The largest absolute Gasteiger partial charge is 0.488 e. The summed E-state index contributed by atoms with van der Waals surface area (Å²) in [6.45, 7) is 4.05. The Morgan fingerprint density at radius 1 is 0.800 bits per heavy atom. The molecule has 1 heterocycles.